The number of hydrogen-bond acceptors (Lipinski definition) is 3. The van der Waals surface area contributed by atoms with E-state index >= 15 is 0 Å². The van der Waals surface area contributed by atoms with Gasteiger partial charge in [-0.15, -0.1) is 0 Å². The van der Waals surface area contributed by atoms with E-state index < -0.39 is 15.5 Å². The van der Waals surface area contributed by atoms with Crippen LogP contribution in [0.5, 0.6) is 0 Å². The number of hydrogen-bond donors (Lipinski definition) is 1. The van der Waals surface area contributed by atoms with Crippen molar-refractivity contribution >= 4 is 40.1 Å². The van der Waals surface area contributed by atoms with Gasteiger partial charge in [0.05, 0.1) is 0 Å². The summed E-state index contributed by atoms with van der Waals surface area (Å²) < 4.78 is 11.8. The molecule has 1 amide bonds. The minimum Gasteiger partial charge on any atom is -0.354 e. The molecule has 0 aliphatic rings. The molecule has 0 saturated heterocycles. The van der Waals surface area contributed by atoms with Gasteiger partial charge in [-0.1, -0.05) is 44.5 Å². The summed E-state index contributed by atoms with van der Waals surface area (Å²) in [7, 11) is -1.30. The molecular weight excluding hydrogens is 350 g/mol. The molecule has 130 valence electrons. The topological polar surface area (TPSA) is 46.2 Å². The van der Waals surface area contributed by atoms with Gasteiger partial charge < -0.3 is 5.32 Å². The maximum atomic E-state index is 12.6. The van der Waals surface area contributed by atoms with Crippen LogP contribution in [-0.4, -0.2) is 31.9 Å². The molecule has 3 nitrogen and oxygen atoms in total. The summed E-state index contributed by atoms with van der Waals surface area (Å²) in [5.41, 5.74) is 0.914. The van der Waals surface area contributed by atoms with E-state index in [1.807, 2.05) is 12.1 Å². The first kappa shape index (κ1) is 20.5. The first-order valence-electron chi connectivity index (χ1n) is 7.57. The van der Waals surface area contributed by atoms with E-state index in [1.54, 1.807) is 37.7 Å². The van der Waals surface area contributed by atoms with Crippen molar-refractivity contribution in [1.29, 1.82) is 0 Å². The maximum Gasteiger partial charge on any atom is 0.238 e. The third-order valence-corrected chi connectivity index (χ3v) is 6.70. The summed E-state index contributed by atoms with van der Waals surface area (Å²) in [4.78, 5) is 12.3. The first-order valence-corrected chi connectivity index (χ1v) is 10.3. The summed E-state index contributed by atoms with van der Waals surface area (Å²) in [5.74, 6) is 1.02. The molecule has 1 aromatic rings. The fourth-order valence-corrected chi connectivity index (χ4v) is 3.83. The Hall–Kier alpha value is -0.520. The molecule has 0 bridgehead atoms. The number of benzene rings is 1. The summed E-state index contributed by atoms with van der Waals surface area (Å²) in [6.07, 6.45) is 0. The van der Waals surface area contributed by atoms with E-state index in [0.717, 1.165) is 11.3 Å². The van der Waals surface area contributed by atoms with Crippen LogP contribution in [0.4, 0.5) is 0 Å². The van der Waals surface area contributed by atoms with Crippen LogP contribution < -0.4 is 5.32 Å². The first-order chi connectivity index (χ1) is 10.5. The largest absolute Gasteiger partial charge is 0.354 e. The number of halogens is 1. The zero-order valence-corrected chi connectivity index (χ0v) is 16.8. The van der Waals surface area contributed by atoms with Crippen molar-refractivity contribution < 1.29 is 9.00 Å². The molecule has 0 aromatic heterocycles. The van der Waals surface area contributed by atoms with Gasteiger partial charge in [0, 0.05) is 38.6 Å². The Morgan fingerprint density at radius 3 is 2.26 bits per heavy atom. The predicted octanol–water partition coefficient (Wildman–Crippen LogP) is 4.02. The lowest BCUT2D eigenvalue weighted by Crippen LogP contribution is -2.46. The Labute approximate surface area is 151 Å². The van der Waals surface area contributed by atoms with Crippen LogP contribution in [0.15, 0.2) is 24.3 Å². The van der Waals surface area contributed by atoms with Gasteiger partial charge >= 0.3 is 0 Å². The molecule has 1 rings (SSSR count). The Kier molecular flexibility index (Phi) is 7.62. The molecule has 1 aromatic carbocycles. The highest BCUT2D eigenvalue weighted by molar-refractivity contribution is 8.00. The molecule has 0 heterocycles. The van der Waals surface area contributed by atoms with Crippen molar-refractivity contribution in [2.45, 2.75) is 49.9 Å². The lowest BCUT2D eigenvalue weighted by atomic mass is 10.2. The number of amides is 1. The van der Waals surface area contributed by atoms with E-state index in [0.29, 0.717) is 17.3 Å². The van der Waals surface area contributed by atoms with E-state index in [1.165, 1.54) is 0 Å². The summed E-state index contributed by atoms with van der Waals surface area (Å²) in [6.45, 7) is 10.5. The average Bonchev–Trinajstić information content (AvgIpc) is 2.44. The molecule has 0 radical (unpaired) electrons. The molecule has 0 aliphatic heterocycles. The fourth-order valence-electron chi connectivity index (χ4n) is 1.75. The molecular formula is C17H26ClNO2S2. The van der Waals surface area contributed by atoms with Crippen LogP contribution in [0.1, 0.15) is 40.2 Å². The average molecular weight is 376 g/mol. The van der Waals surface area contributed by atoms with Crippen LogP contribution >= 0.6 is 23.4 Å². The normalized spacial score (nSPS) is 13.7. The molecule has 0 saturated carbocycles. The second kappa shape index (κ2) is 8.54. The molecule has 1 atom stereocenters. The van der Waals surface area contributed by atoms with Gasteiger partial charge in [-0.3, -0.25) is 9.00 Å². The van der Waals surface area contributed by atoms with Crippen molar-refractivity contribution in [2.75, 3.05) is 12.3 Å². The molecule has 0 fully saturated rings. The Morgan fingerprint density at radius 2 is 1.74 bits per heavy atom. The van der Waals surface area contributed by atoms with Crippen LogP contribution in [0.2, 0.25) is 5.02 Å². The van der Waals surface area contributed by atoms with E-state index in [4.69, 9.17) is 11.6 Å². The summed E-state index contributed by atoms with van der Waals surface area (Å²) in [6, 6.07) is 7.22. The zero-order valence-electron chi connectivity index (χ0n) is 14.4. The van der Waals surface area contributed by atoms with Gasteiger partial charge in [-0.25, -0.2) is 0 Å². The third-order valence-electron chi connectivity index (χ3n) is 3.25. The molecule has 1 unspecified atom stereocenters. The summed E-state index contributed by atoms with van der Waals surface area (Å²) in [5, 5.41) is 3.54. The van der Waals surface area contributed by atoms with Gasteiger partial charge in [0.15, 0.2) is 0 Å². The highest BCUT2D eigenvalue weighted by atomic mass is 35.5. The van der Waals surface area contributed by atoms with Crippen molar-refractivity contribution in [1.82, 2.24) is 5.32 Å². The number of nitrogens with one attached hydrogen (secondary N) is 1. The molecule has 23 heavy (non-hydrogen) atoms. The number of carbonyl (C=O) groups excluding carboxylic acids is 1. The lowest BCUT2D eigenvalue weighted by Gasteiger charge is -2.24. The van der Waals surface area contributed by atoms with Crippen molar-refractivity contribution in [3.05, 3.63) is 34.9 Å². The minimum atomic E-state index is -1.30. The fraction of sp³-hybridized carbons (Fsp3) is 0.588. The highest BCUT2D eigenvalue weighted by Crippen LogP contribution is 2.22. The minimum absolute atomic E-state index is 0.167. The van der Waals surface area contributed by atoms with Gasteiger partial charge in [0.1, 0.15) is 4.75 Å². The monoisotopic (exact) mass is 375 g/mol. The molecule has 1 N–H and O–H groups in total. The Morgan fingerprint density at radius 1 is 1.17 bits per heavy atom. The van der Waals surface area contributed by atoms with Crippen LogP contribution in [0.3, 0.4) is 0 Å². The molecule has 0 spiro atoms. The van der Waals surface area contributed by atoms with Crippen LogP contribution in [0, 0.1) is 0 Å². The van der Waals surface area contributed by atoms with E-state index in [9.17, 15) is 9.00 Å². The number of carbonyl (C=O) groups is 1. The molecule has 6 heteroatoms. The smallest absolute Gasteiger partial charge is 0.238 e. The van der Waals surface area contributed by atoms with Gasteiger partial charge in [-0.2, -0.15) is 11.8 Å². The Bertz CT molecular complexity index is 551. The summed E-state index contributed by atoms with van der Waals surface area (Å²) >= 11 is 7.65. The van der Waals surface area contributed by atoms with Crippen LogP contribution in [-0.2, 0) is 21.3 Å². The SMILES string of the molecule is CC(C)(C)SCCNC(=O)C(C)(C)S(=O)Cc1ccc(Cl)cc1. The predicted molar refractivity (Wildman–Crippen MR) is 103 cm³/mol. The lowest BCUT2D eigenvalue weighted by molar-refractivity contribution is -0.122. The number of rotatable bonds is 7. The van der Waals surface area contributed by atoms with Crippen LogP contribution in [0.25, 0.3) is 0 Å². The standard InChI is InChI=1S/C17H26ClNO2S2/c1-16(2,3)22-11-10-19-15(20)17(4,5)23(21)12-13-6-8-14(18)9-7-13/h6-9H,10-12H2,1-5H3,(H,19,20). The van der Waals surface area contributed by atoms with Gasteiger partial charge in [0.2, 0.25) is 5.91 Å². The second-order valence-corrected chi connectivity index (χ2v) is 11.2. The van der Waals surface area contributed by atoms with Gasteiger partial charge in [0.25, 0.3) is 0 Å². The quantitative estimate of drug-likeness (QED) is 0.732. The van der Waals surface area contributed by atoms with Crippen molar-refractivity contribution in [3.63, 3.8) is 0 Å². The number of thioether (sulfide) groups is 1. The highest BCUT2D eigenvalue weighted by Gasteiger charge is 2.34. The third kappa shape index (κ3) is 7.27. The van der Waals surface area contributed by atoms with Gasteiger partial charge in [-0.05, 0) is 31.5 Å². The van der Waals surface area contributed by atoms with Crippen molar-refractivity contribution in [3.8, 4) is 0 Å². The molecule has 0 aliphatic carbocycles. The second-order valence-electron chi connectivity index (χ2n) is 6.84. The zero-order chi connectivity index (χ0) is 17.7. The van der Waals surface area contributed by atoms with Crippen molar-refractivity contribution in [2.24, 2.45) is 0 Å². The Balaban J connectivity index is 2.53. The van der Waals surface area contributed by atoms with E-state index in [-0.39, 0.29) is 10.7 Å². The maximum absolute atomic E-state index is 12.6. The van der Waals surface area contributed by atoms with E-state index in [2.05, 4.69) is 26.1 Å².